The van der Waals surface area contributed by atoms with Crippen molar-refractivity contribution >= 4 is 11.9 Å². The van der Waals surface area contributed by atoms with Crippen LogP contribution in [0.5, 0.6) is 0 Å². The third-order valence-electron chi connectivity index (χ3n) is 16.8. The highest BCUT2D eigenvalue weighted by Gasteiger charge is 2.16. The lowest BCUT2D eigenvalue weighted by atomic mass is 10.0. The van der Waals surface area contributed by atoms with E-state index in [9.17, 15) is 14.7 Å². The number of hydrogen-bond donors (Lipinski definition) is 1. The van der Waals surface area contributed by atoms with E-state index in [1.165, 1.54) is 360 Å². The standard InChI is InChI=1S/C72H140O5/c1-3-5-7-9-11-13-15-17-19-21-23-25-27-29-31-33-35-36-37-39-41-43-45-47-49-51-53-55-57-59-61-63-65-67-72(75)77-70(68-73)69-76-71(74)66-64-62-60-58-56-54-52-50-48-46-44-42-40-38-34-32-30-28-26-24-22-20-18-16-14-12-10-8-6-4-2/h21,23,70,73H,3-20,22,24-69H2,1-2H3/b23-21-. The fourth-order valence-corrected chi connectivity index (χ4v) is 11.4. The highest BCUT2D eigenvalue weighted by Crippen LogP contribution is 2.20. The van der Waals surface area contributed by atoms with Crippen molar-refractivity contribution in [3.8, 4) is 0 Å². The Balaban J connectivity index is 3.36. The zero-order valence-electron chi connectivity index (χ0n) is 52.8. The first kappa shape index (κ1) is 75.6. The van der Waals surface area contributed by atoms with Crippen LogP contribution in [0.1, 0.15) is 418 Å². The zero-order valence-corrected chi connectivity index (χ0v) is 52.8. The van der Waals surface area contributed by atoms with E-state index in [2.05, 4.69) is 26.0 Å². The van der Waals surface area contributed by atoms with Gasteiger partial charge in [0.1, 0.15) is 6.61 Å². The van der Waals surface area contributed by atoms with Crippen molar-refractivity contribution in [3.63, 3.8) is 0 Å². The van der Waals surface area contributed by atoms with Crippen molar-refractivity contribution < 1.29 is 24.2 Å². The van der Waals surface area contributed by atoms with Crippen LogP contribution < -0.4 is 0 Å². The van der Waals surface area contributed by atoms with E-state index in [4.69, 9.17) is 9.47 Å². The van der Waals surface area contributed by atoms with Crippen LogP contribution in [-0.2, 0) is 19.1 Å². The van der Waals surface area contributed by atoms with Crippen LogP contribution in [0.2, 0.25) is 0 Å². The molecule has 0 bridgehead atoms. The number of ether oxygens (including phenoxy) is 2. The van der Waals surface area contributed by atoms with Crippen molar-refractivity contribution in [2.75, 3.05) is 13.2 Å². The number of aliphatic hydroxyl groups excluding tert-OH is 1. The normalized spacial score (nSPS) is 12.1. The van der Waals surface area contributed by atoms with E-state index < -0.39 is 6.10 Å². The van der Waals surface area contributed by atoms with Crippen molar-refractivity contribution in [2.45, 2.75) is 424 Å². The Kier molecular flexibility index (Phi) is 67.7. The maximum atomic E-state index is 12.4. The predicted molar refractivity (Wildman–Crippen MR) is 339 cm³/mol. The van der Waals surface area contributed by atoms with Crippen LogP contribution in [0, 0.1) is 0 Å². The zero-order chi connectivity index (χ0) is 55.5. The second-order valence-corrected chi connectivity index (χ2v) is 24.7. The third kappa shape index (κ3) is 67.1. The molecule has 1 atom stereocenters. The van der Waals surface area contributed by atoms with Crippen LogP contribution in [0.4, 0.5) is 0 Å². The number of unbranched alkanes of at least 4 members (excludes halogenated alkanes) is 58. The van der Waals surface area contributed by atoms with Crippen LogP contribution in [0.3, 0.4) is 0 Å². The molecule has 0 aliphatic carbocycles. The summed E-state index contributed by atoms with van der Waals surface area (Å²) in [5.74, 6) is -0.560. The first-order chi connectivity index (χ1) is 38.1. The molecule has 0 aliphatic rings. The summed E-state index contributed by atoms with van der Waals surface area (Å²) in [5.41, 5.74) is 0. The van der Waals surface area contributed by atoms with E-state index >= 15 is 0 Å². The second kappa shape index (κ2) is 68.9. The molecule has 0 aromatic heterocycles. The fourth-order valence-electron chi connectivity index (χ4n) is 11.4. The average molecular weight is 1090 g/mol. The van der Waals surface area contributed by atoms with Gasteiger partial charge in [0, 0.05) is 12.8 Å². The van der Waals surface area contributed by atoms with Gasteiger partial charge in [-0.15, -0.1) is 0 Å². The third-order valence-corrected chi connectivity index (χ3v) is 16.8. The SMILES string of the molecule is CCCCCCCCCC/C=C\CCCCCCCCCCCCCCCCCCCCCCCC(=O)OC(CO)COC(=O)CCCCCCCCCCCCCCCCCCCCCCCCCCCCCCCC. The summed E-state index contributed by atoms with van der Waals surface area (Å²) in [6, 6.07) is 0. The molecule has 5 heteroatoms. The van der Waals surface area contributed by atoms with Gasteiger partial charge in [0.15, 0.2) is 6.10 Å². The minimum atomic E-state index is -0.767. The number of rotatable bonds is 68. The fraction of sp³-hybridized carbons (Fsp3) is 0.944. The molecule has 0 saturated heterocycles. The van der Waals surface area contributed by atoms with Crippen LogP contribution in [0.25, 0.3) is 0 Å². The maximum Gasteiger partial charge on any atom is 0.306 e. The van der Waals surface area contributed by atoms with Crippen molar-refractivity contribution in [1.82, 2.24) is 0 Å². The van der Waals surface area contributed by atoms with Gasteiger partial charge in [-0.25, -0.2) is 0 Å². The lowest BCUT2D eigenvalue weighted by Gasteiger charge is -2.15. The van der Waals surface area contributed by atoms with Gasteiger partial charge >= 0.3 is 11.9 Å². The van der Waals surface area contributed by atoms with Crippen molar-refractivity contribution in [2.24, 2.45) is 0 Å². The summed E-state index contributed by atoms with van der Waals surface area (Å²) >= 11 is 0. The van der Waals surface area contributed by atoms with E-state index in [1.54, 1.807) is 0 Å². The Morgan fingerprint density at radius 1 is 0.286 bits per heavy atom. The minimum absolute atomic E-state index is 0.0565. The van der Waals surface area contributed by atoms with Gasteiger partial charge in [-0.1, -0.05) is 379 Å². The summed E-state index contributed by atoms with van der Waals surface area (Å²) in [7, 11) is 0. The highest BCUT2D eigenvalue weighted by atomic mass is 16.6. The molecule has 0 aromatic carbocycles. The Labute approximate surface area is 483 Å². The van der Waals surface area contributed by atoms with E-state index in [0.717, 1.165) is 32.1 Å². The molecular weight excluding hydrogens is 945 g/mol. The first-order valence-electron chi connectivity index (χ1n) is 35.7. The predicted octanol–water partition coefficient (Wildman–Crippen LogP) is 24.6. The molecule has 458 valence electrons. The second-order valence-electron chi connectivity index (χ2n) is 24.7. The number of allylic oxidation sites excluding steroid dienone is 2. The monoisotopic (exact) mass is 1090 g/mol. The summed E-state index contributed by atoms with van der Waals surface area (Å²) in [6.07, 6.45) is 88.4. The van der Waals surface area contributed by atoms with Gasteiger partial charge in [-0.3, -0.25) is 9.59 Å². The van der Waals surface area contributed by atoms with Gasteiger partial charge in [-0.05, 0) is 38.5 Å². The smallest absolute Gasteiger partial charge is 0.306 e. The van der Waals surface area contributed by atoms with Gasteiger partial charge in [0.2, 0.25) is 0 Å². The summed E-state index contributed by atoms with van der Waals surface area (Å²) in [6.45, 7) is 4.22. The molecule has 0 saturated carbocycles. The highest BCUT2D eigenvalue weighted by molar-refractivity contribution is 5.70. The number of carbonyl (C=O) groups is 2. The molecule has 5 nitrogen and oxygen atoms in total. The van der Waals surface area contributed by atoms with Crippen molar-refractivity contribution in [3.05, 3.63) is 12.2 Å². The topological polar surface area (TPSA) is 72.8 Å². The molecule has 1 N–H and O–H groups in total. The van der Waals surface area contributed by atoms with E-state index in [-0.39, 0.29) is 25.2 Å². The number of esters is 2. The molecule has 0 radical (unpaired) electrons. The quantitative estimate of drug-likeness (QED) is 0.0373. The number of hydrogen-bond acceptors (Lipinski definition) is 5. The van der Waals surface area contributed by atoms with Crippen LogP contribution in [0.15, 0.2) is 12.2 Å². The molecule has 0 aliphatic heterocycles. The van der Waals surface area contributed by atoms with Gasteiger partial charge in [0.25, 0.3) is 0 Å². The summed E-state index contributed by atoms with van der Waals surface area (Å²) < 4.78 is 10.8. The van der Waals surface area contributed by atoms with E-state index in [1.807, 2.05) is 0 Å². The Morgan fingerprint density at radius 2 is 0.481 bits per heavy atom. The van der Waals surface area contributed by atoms with Crippen LogP contribution in [-0.4, -0.2) is 36.4 Å². The molecule has 0 heterocycles. The molecule has 1 unspecified atom stereocenters. The summed E-state index contributed by atoms with van der Waals surface area (Å²) in [5, 5.41) is 9.70. The van der Waals surface area contributed by atoms with Gasteiger partial charge in [0.05, 0.1) is 6.61 Å². The molecular formula is C72H140O5. The maximum absolute atomic E-state index is 12.4. The molecule has 0 aromatic rings. The Morgan fingerprint density at radius 3 is 0.701 bits per heavy atom. The van der Waals surface area contributed by atoms with Gasteiger partial charge in [-0.2, -0.15) is 0 Å². The lowest BCUT2D eigenvalue weighted by molar-refractivity contribution is -0.161. The van der Waals surface area contributed by atoms with Crippen LogP contribution >= 0.6 is 0 Å². The number of carbonyl (C=O) groups excluding carboxylic acids is 2. The molecule has 0 rings (SSSR count). The largest absolute Gasteiger partial charge is 0.462 e. The molecule has 0 amide bonds. The Bertz CT molecular complexity index is 1140. The van der Waals surface area contributed by atoms with Gasteiger partial charge < -0.3 is 14.6 Å². The van der Waals surface area contributed by atoms with Crippen molar-refractivity contribution in [1.29, 1.82) is 0 Å². The average Bonchev–Trinajstić information content (AvgIpc) is 3.43. The number of aliphatic hydroxyl groups is 1. The molecule has 77 heavy (non-hydrogen) atoms. The summed E-state index contributed by atoms with van der Waals surface area (Å²) in [4.78, 5) is 24.7. The Hall–Kier alpha value is -1.36. The first-order valence-corrected chi connectivity index (χ1v) is 35.7. The van der Waals surface area contributed by atoms with E-state index in [0.29, 0.717) is 12.8 Å². The minimum Gasteiger partial charge on any atom is -0.462 e. The molecule has 0 fully saturated rings. The molecule has 0 spiro atoms. The lowest BCUT2D eigenvalue weighted by Crippen LogP contribution is -2.28.